The Morgan fingerprint density at radius 3 is 2.13 bits per heavy atom. The number of hydrogen-bond acceptors (Lipinski definition) is 5. The summed E-state index contributed by atoms with van der Waals surface area (Å²) in [5.74, 6) is -2.39. The Labute approximate surface area is 180 Å². The molecule has 0 aliphatic heterocycles. The van der Waals surface area contributed by atoms with Crippen molar-refractivity contribution in [2.24, 2.45) is 0 Å². The minimum atomic E-state index is -1.20. The minimum Gasteiger partial charge on any atom is -0.480 e. The standard InChI is InChI=1S/C22H25N3O6/c1-15(24-22(30)31-14-17-9-5-3-6-10-17)21(29)25(18-11-7-4-8-12-18)16(2)20(28)23-13-19(26)27/h3-12,15-16H,13-14H2,1-2H3,(H,23,28)(H,24,30)(H,26,27)/t15-,16-/m0/s1. The van der Waals surface area contributed by atoms with Crippen LogP contribution in [0.3, 0.4) is 0 Å². The number of carbonyl (C=O) groups excluding carboxylic acids is 3. The van der Waals surface area contributed by atoms with Gasteiger partial charge in [0.1, 0.15) is 25.2 Å². The monoisotopic (exact) mass is 427 g/mol. The molecule has 0 radical (unpaired) electrons. The highest BCUT2D eigenvalue weighted by Gasteiger charge is 2.31. The van der Waals surface area contributed by atoms with Crippen molar-refractivity contribution in [2.75, 3.05) is 11.4 Å². The van der Waals surface area contributed by atoms with Gasteiger partial charge in [-0.3, -0.25) is 19.3 Å². The van der Waals surface area contributed by atoms with Gasteiger partial charge in [0.25, 0.3) is 0 Å². The minimum absolute atomic E-state index is 0.0456. The molecule has 2 aromatic rings. The van der Waals surface area contributed by atoms with Gasteiger partial charge in [-0.15, -0.1) is 0 Å². The molecule has 3 N–H and O–H groups in total. The van der Waals surface area contributed by atoms with Gasteiger partial charge in [0.2, 0.25) is 11.8 Å². The Morgan fingerprint density at radius 1 is 0.968 bits per heavy atom. The number of nitrogens with one attached hydrogen (secondary N) is 2. The summed E-state index contributed by atoms with van der Waals surface area (Å²) in [6, 6.07) is 15.5. The average molecular weight is 427 g/mol. The van der Waals surface area contributed by atoms with E-state index in [9.17, 15) is 19.2 Å². The van der Waals surface area contributed by atoms with Crippen molar-refractivity contribution in [3.63, 3.8) is 0 Å². The Balaban J connectivity index is 2.07. The summed E-state index contributed by atoms with van der Waals surface area (Å²) in [4.78, 5) is 49.6. The van der Waals surface area contributed by atoms with E-state index in [1.54, 1.807) is 42.5 Å². The summed E-state index contributed by atoms with van der Waals surface area (Å²) in [6.07, 6.45) is -0.777. The molecule has 2 atom stereocenters. The van der Waals surface area contributed by atoms with Crippen molar-refractivity contribution in [1.29, 1.82) is 0 Å². The topological polar surface area (TPSA) is 125 Å². The summed E-state index contributed by atoms with van der Waals surface area (Å²) in [7, 11) is 0. The molecular formula is C22H25N3O6. The number of para-hydroxylation sites is 1. The lowest BCUT2D eigenvalue weighted by molar-refractivity contribution is -0.138. The molecule has 3 amide bonds. The fourth-order valence-electron chi connectivity index (χ4n) is 2.77. The number of anilines is 1. The Morgan fingerprint density at radius 2 is 1.55 bits per heavy atom. The van der Waals surface area contributed by atoms with Gasteiger partial charge >= 0.3 is 12.1 Å². The van der Waals surface area contributed by atoms with Crippen LogP contribution in [0.15, 0.2) is 60.7 Å². The van der Waals surface area contributed by atoms with Crippen molar-refractivity contribution >= 4 is 29.6 Å². The zero-order valence-electron chi connectivity index (χ0n) is 17.3. The predicted molar refractivity (Wildman–Crippen MR) is 113 cm³/mol. The highest BCUT2D eigenvalue weighted by Crippen LogP contribution is 2.18. The molecule has 0 unspecified atom stereocenters. The number of ether oxygens (including phenoxy) is 1. The lowest BCUT2D eigenvalue weighted by Gasteiger charge is -2.30. The molecule has 2 rings (SSSR count). The second-order valence-corrected chi connectivity index (χ2v) is 6.76. The van der Waals surface area contributed by atoms with Crippen molar-refractivity contribution in [3.8, 4) is 0 Å². The fraction of sp³-hybridized carbons (Fsp3) is 0.273. The van der Waals surface area contributed by atoms with Crippen molar-refractivity contribution < 1.29 is 29.0 Å². The molecule has 9 nitrogen and oxygen atoms in total. The number of carboxylic acids is 1. The highest BCUT2D eigenvalue weighted by molar-refractivity contribution is 6.04. The van der Waals surface area contributed by atoms with Gasteiger partial charge in [-0.2, -0.15) is 0 Å². The maximum Gasteiger partial charge on any atom is 0.408 e. The normalized spacial score (nSPS) is 12.2. The number of hydrogen-bond donors (Lipinski definition) is 3. The summed E-state index contributed by atoms with van der Waals surface area (Å²) < 4.78 is 5.14. The van der Waals surface area contributed by atoms with Crippen LogP contribution >= 0.6 is 0 Å². The van der Waals surface area contributed by atoms with Crippen LogP contribution in [0.4, 0.5) is 10.5 Å². The summed E-state index contributed by atoms with van der Waals surface area (Å²) >= 11 is 0. The molecule has 0 heterocycles. The third-order valence-corrected chi connectivity index (χ3v) is 4.37. The quantitative estimate of drug-likeness (QED) is 0.562. The highest BCUT2D eigenvalue weighted by atomic mass is 16.5. The summed E-state index contributed by atoms with van der Waals surface area (Å²) in [5, 5.41) is 13.5. The zero-order chi connectivity index (χ0) is 22.8. The number of nitrogens with zero attached hydrogens (tertiary/aromatic N) is 1. The third-order valence-electron chi connectivity index (χ3n) is 4.37. The van der Waals surface area contributed by atoms with Gasteiger partial charge < -0.3 is 20.5 Å². The molecule has 0 fully saturated rings. The van der Waals surface area contributed by atoms with E-state index in [1.807, 2.05) is 18.2 Å². The molecule has 0 saturated heterocycles. The van der Waals surface area contributed by atoms with Crippen molar-refractivity contribution in [3.05, 3.63) is 66.2 Å². The maximum absolute atomic E-state index is 13.1. The first-order valence-electron chi connectivity index (χ1n) is 9.64. The second kappa shape index (κ2) is 11.3. The van der Waals surface area contributed by atoms with E-state index in [-0.39, 0.29) is 6.61 Å². The molecule has 9 heteroatoms. The van der Waals surface area contributed by atoms with Gasteiger partial charge in [-0.25, -0.2) is 4.79 Å². The second-order valence-electron chi connectivity index (χ2n) is 6.76. The molecular weight excluding hydrogens is 402 g/mol. The molecule has 0 aliphatic carbocycles. The lowest BCUT2D eigenvalue weighted by atomic mass is 10.1. The number of aliphatic carboxylic acids is 1. The predicted octanol–water partition coefficient (Wildman–Crippen LogP) is 1.92. The zero-order valence-corrected chi connectivity index (χ0v) is 17.3. The van der Waals surface area contributed by atoms with Gasteiger partial charge in [0.05, 0.1) is 0 Å². The lowest BCUT2D eigenvalue weighted by Crippen LogP contribution is -2.54. The number of carboxylic acid groups (broad SMARTS) is 1. The van der Waals surface area contributed by atoms with Crippen LogP contribution < -0.4 is 15.5 Å². The molecule has 0 aliphatic rings. The first kappa shape index (κ1) is 23.4. The van der Waals surface area contributed by atoms with E-state index < -0.39 is 42.5 Å². The largest absolute Gasteiger partial charge is 0.480 e. The smallest absolute Gasteiger partial charge is 0.408 e. The van der Waals surface area contributed by atoms with Crippen LogP contribution in [-0.2, 0) is 25.7 Å². The Bertz CT molecular complexity index is 904. The first-order valence-corrected chi connectivity index (χ1v) is 9.64. The van der Waals surface area contributed by atoms with Crippen LogP contribution in [0.2, 0.25) is 0 Å². The molecule has 0 bridgehead atoms. The van der Waals surface area contributed by atoms with Crippen LogP contribution in [0.25, 0.3) is 0 Å². The molecule has 0 aromatic heterocycles. The number of amides is 3. The van der Waals surface area contributed by atoms with Crippen molar-refractivity contribution in [2.45, 2.75) is 32.5 Å². The Hall–Kier alpha value is -3.88. The van der Waals surface area contributed by atoms with E-state index >= 15 is 0 Å². The van der Waals surface area contributed by atoms with Crippen LogP contribution in [0.1, 0.15) is 19.4 Å². The maximum atomic E-state index is 13.1. The van der Waals surface area contributed by atoms with Gasteiger partial charge in [0, 0.05) is 5.69 Å². The van der Waals surface area contributed by atoms with E-state index in [0.29, 0.717) is 5.69 Å². The van der Waals surface area contributed by atoms with E-state index in [1.165, 1.54) is 18.7 Å². The number of alkyl carbamates (subject to hydrolysis) is 1. The van der Waals surface area contributed by atoms with E-state index in [0.717, 1.165) is 5.56 Å². The Kier molecular flexibility index (Phi) is 8.56. The van der Waals surface area contributed by atoms with Gasteiger partial charge in [-0.1, -0.05) is 48.5 Å². The van der Waals surface area contributed by atoms with Crippen LogP contribution in [0, 0.1) is 0 Å². The number of rotatable bonds is 9. The number of benzene rings is 2. The van der Waals surface area contributed by atoms with Crippen LogP contribution in [-0.4, -0.2) is 47.6 Å². The van der Waals surface area contributed by atoms with Gasteiger partial charge in [0.15, 0.2) is 0 Å². The molecule has 2 aromatic carbocycles. The SMILES string of the molecule is C[C@H](NC(=O)OCc1ccccc1)C(=O)N(c1ccccc1)[C@@H](C)C(=O)NCC(=O)O. The summed E-state index contributed by atoms with van der Waals surface area (Å²) in [6.45, 7) is 2.43. The molecule has 0 spiro atoms. The average Bonchev–Trinajstić information content (AvgIpc) is 2.77. The first-order chi connectivity index (χ1) is 14.8. The third kappa shape index (κ3) is 7.14. The fourth-order valence-corrected chi connectivity index (χ4v) is 2.77. The van der Waals surface area contributed by atoms with Crippen LogP contribution in [0.5, 0.6) is 0 Å². The summed E-state index contributed by atoms with van der Waals surface area (Å²) in [5.41, 5.74) is 1.23. The van der Waals surface area contributed by atoms with E-state index in [2.05, 4.69) is 10.6 Å². The van der Waals surface area contributed by atoms with Crippen molar-refractivity contribution in [1.82, 2.24) is 10.6 Å². The van der Waals surface area contributed by atoms with Gasteiger partial charge in [-0.05, 0) is 31.5 Å². The number of carbonyl (C=O) groups is 4. The molecule has 0 saturated carbocycles. The van der Waals surface area contributed by atoms with E-state index in [4.69, 9.17) is 9.84 Å². The molecule has 164 valence electrons. The molecule has 31 heavy (non-hydrogen) atoms.